The first-order valence-electron chi connectivity index (χ1n) is 7.41. The fraction of sp³-hybridized carbons (Fsp3) is 0.625. The Balaban J connectivity index is 2.02. The normalized spacial score (nSPS) is 19.1. The highest BCUT2D eigenvalue weighted by Gasteiger charge is 2.09. The van der Waals surface area contributed by atoms with Crippen LogP contribution in [0.2, 0.25) is 0 Å². The average molecular weight is 246 g/mol. The van der Waals surface area contributed by atoms with Crippen LogP contribution in [0.1, 0.15) is 57.1 Å². The topological polar surface area (TPSA) is 29.3 Å². The molecule has 1 aliphatic heterocycles. The van der Waals surface area contributed by atoms with Gasteiger partial charge in [0.05, 0.1) is 0 Å². The van der Waals surface area contributed by atoms with Gasteiger partial charge in [0.1, 0.15) is 0 Å². The SMILES string of the molecule is CC[C@H](N)c1ccc(N2CCCCCCC2)cc1. The third-order valence-corrected chi connectivity index (χ3v) is 3.98. The van der Waals surface area contributed by atoms with Gasteiger partial charge in [-0.3, -0.25) is 0 Å². The molecule has 100 valence electrons. The maximum atomic E-state index is 6.05. The predicted molar refractivity (Wildman–Crippen MR) is 79.0 cm³/mol. The van der Waals surface area contributed by atoms with Crippen LogP contribution in [0.15, 0.2) is 24.3 Å². The summed E-state index contributed by atoms with van der Waals surface area (Å²) >= 11 is 0. The van der Waals surface area contributed by atoms with Gasteiger partial charge in [0.2, 0.25) is 0 Å². The zero-order chi connectivity index (χ0) is 12.8. The highest BCUT2D eigenvalue weighted by molar-refractivity contribution is 5.48. The van der Waals surface area contributed by atoms with E-state index in [1.54, 1.807) is 0 Å². The van der Waals surface area contributed by atoms with Gasteiger partial charge in [0.25, 0.3) is 0 Å². The molecule has 0 amide bonds. The van der Waals surface area contributed by atoms with Crippen molar-refractivity contribution in [1.82, 2.24) is 0 Å². The van der Waals surface area contributed by atoms with Crippen molar-refractivity contribution in [2.24, 2.45) is 5.73 Å². The average Bonchev–Trinajstić information content (AvgIpc) is 2.38. The zero-order valence-electron chi connectivity index (χ0n) is 11.6. The Morgan fingerprint density at radius 2 is 1.56 bits per heavy atom. The summed E-state index contributed by atoms with van der Waals surface area (Å²) in [6, 6.07) is 9.06. The molecular weight excluding hydrogens is 220 g/mol. The monoisotopic (exact) mass is 246 g/mol. The molecule has 0 unspecified atom stereocenters. The molecule has 0 aromatic heterocycles. The summed E-state index contributed by atoms with van der Waals surface area (Å²) in [5.41, 5.74) is 8.68. The fourth-order valence-electron chi connectivity index (χ4n) is 2.67. The Hall–Kier alpha value is -1.02. The largest absolute Gasteiger partial charge is 0.372 e. The maximum Gasteiger partial charge on any atom is 0.0366 e. The third kappa shape index (κ3) is 3.49. The number of benzene rings is 1. The lowest BCUT2D eigenvalue weighted by atomic mass is 10.0. The van der Waals surface area contributed by atoms with E-state index >= 15 is 0 Å². The van der Waals surface area contributed by atoms with E-state index in [-0.39, 0.29) is 6.04 Å². The van der Waals surface area contributed by atoms with Gasteiger partial charge in [0, 0.05) is 24.8 Å². The van der Waals surface area contributed by atoms with Crippen molar-refractivity contribution >= 4 is 5.69 Å². The van der Waals surface area contributed by atoms with E-state index in [2.05, 4.69) is 36.1 Å². The fourth-order valence-corrected chi connectivity index (χ4v) is 2.67. The van der Waals surface area contributed by atoms with Crippen molar-refractivity contribution in [2.75, 3.05) is 18.0 Å². The van der Waals surface area contributed by atoms with Crippen molar-refractivity contribution < 1.29 is 0 Å². The molecule has 2 nitrogen and oxygen atoms in total. The second kappa shape index (κ2) is 6.79. The Morgan fingerprint density at radius 1 is 1.00 bits per heavy atom. The van der Waals surface area contributed by atoms with Crippen LogP contribution in [0, 0.1) is 0 Å². The Morgan fingerprint density at radius 3 is 2.11 bits per heavy atom. The molecule has 0 bridgehead atoms. The molecule has 2 N–H and O–H groups in total. The number of anilines is 1. The molecule has 2 rings (SSSR count). The number of rotatable bonds is 3. The first-order valence-corrected chi connectivity index (χ1v) is 7.41. The van der Waals surface area contributed by atoms with Gasteiger partial charge in [-0.25, -0.2) is 0 Å². The summed E-state index contributed by atoms with van der Waals surface area (Å²) < 4.78 is 0. The van der Waals surface area contributed by atoms with E-state index < -0.39 is 0 Å². The second-order valence-electron chi connectivity index (χ2n) is 5.36. The van der Waals surface area contributed by atoms with E-state index in [4.69, 9.17) is 5.73 Å². The smallest absolute Gasteiger partial charge is 0.0366 e. The van der Waals surface area contributed by atoms with Crippen molar-refractivity contribution in [1.29, 1.82) is 0 Å². The van der Waals surface area contributed by atoms with E-state index in [1.807, 2.05) is 0 Å². The van der Waals surface area contributed by atoms with E-state index in [1.165, 1.54) is 56.4 Å². The summed E-state index contributed by atoms with van der Waals surface area (Å²) in [6.07, 6.45) is 7.85. The van der Waals surface area contributed by atoms with E-state index in [9.17, 15) is 0 Å². The van der Waals surface area contributed by atoms with Gasteiger partial charge < -0.3 is 10.6 Å². The lowest BCUT2D eigenvalue weighted by Crippen LogP contribution is -2.26. The van der Waals surface area contributed by atoms with Crippen LogP contribution in [0.5, 0.6) is 0 Å². The maximum absolute atomic E-state index is 6.05. The molecule has 1 aromatic rings. The van der Waals surface area contributed by atoms with Crippen molar-refractivity contribution in [2.45, 2.75) is 51.5 Å². The molecule has 1 fully saturated rings. The predicted octanol–water partition coefficient (Wildman–Crippen LogP) is 3.87. The third-order valence-electron chi connectivity index (χ3n) is 3.98. The van der Waals surface area contributed by atoms with Crippen LogP contribution in [0.3, 0.4) is 0 Å². The first-order chi connectivity index (χ1) is 8.81. The van der Waals surface area contributed by atoms with Gasteiger partial charge in [-0.1, -0.05) is 38.3 Å². The van der Waals surface area contributed by atoms with Gasteiger partial charge in [-0.15, -0.1) is 0 Å². The van der Waals surface area contributed by atoms with Gasteiger partial charge in [-0.2, -0.15) is 0 Å². The van der Waals surface area contributed by atoms with Crippen LogP contribution in [0.25, 0.3) is 0 Å². The summed E-state index contributed by atoms with van der Waals surface area (Å²) in [6.45, 7) is 4.55. The molecule has 0 aliphatic carbocycles. The van der Waals surface area contributed by atoms with Crippen LogP contribution in [0.4, 0.5) is 5.69 Å². The van der Waals surface area contributed by atoms with Crippen molar-refractivity contribution in [3.8, 4) is 0 Å². The minimum atomic E-state index is 0.186. The molecular formula is C16H26N2. The highest BCUT2D eigenvalue weighted by atomic mass is 15.1. The minimum absolute atomic E-state index is 0.186. The Bertz CT molecular complexity index is 337. The molecule has 1 heterocycles. The molecule has 1 atom stereocenters. The number of nitrogens with zero attached hydrogens (tertiary/aromatic N) is 1. The Labute approximate surface area is 111 Å². The summed E-state index contributed by atoms with van der Waals surface area (Å²) in [5, 5.41) is 0. The van der Waals surface area contributed by atoms with Crippen LogP contribution in [-0.2, 0) is 0 Å². The molecule has 2 heteroatoms. The van der Waals surface area contributed by atoms with Gasteiger partial charge >= 0.3 is 0 Å². The Kier molecular flexibility index (Phi) is 5.06. The van der Waals surface area contributed by atoms with Crippen molar-refractivity contribution in [3.63, 3.8) is 0 Å². The second-order valence-corrected chi connectivity index (χ2v) is 5.36. The summed E-state index contributed by atoms with van der Waals surface area (Å²) in [7, 11) is 0. The van der Waals surface area contributed by atoms with E-state index in [0.29, 0.717) is 0 Å². The highest BCUT2D eigenvalue weighted by Crippen LogP contribution is 2.22. The molecule has 0 saturated carbocycles. The van der Waals surface area contributed by atoms with Gasteiger partial charge in [-0.05, 0) is 37.0 Å². The van der Waals surface area contributed by atoms with E-state index in [0.717, 1.165) is 6.42 Å². The standard InChI is InChI=1S/C16H26N2/c1-2-16(17)14-8-10-15(11-9-14)18-12-6-4-3-5-7-13-18/h8-11,16H,2-7,12-13,17H2,1H3/t16-/m0/s1. The summed E-state index contributed by atoms with van der Waals surface area (Å²) in [5.74, 6) is 0. The van der Waals surface area contributed by atoms with Gasteiger partial charge in [0.15, 0.2) is 0 Å². The van der Waals surface area contributed by atoms with Crippen LogP contribution >= 0.6 is 0 Å². The molecule has 1 aromatic carbocycles. The first kappa shape index (κ1) is 13.4. The lowest BCUT2D eigenvalue weighted by molar-refractivity contribution is 0.556. The molecule has 0 spiro atoms. The number of hydrogen-bond donors (Lipinski definition) is 1. The molecule has 1 saturated heterocycles. The minimum Gasteiger partial charge on any atom is -0.372 e. The zero-order valence-corrected chi connectivity index (χ0v) is 11.6. The van der Waals surface area contributed by atoms with Crippen LogP contribution in [-0.4, -0.2) is 13.1 Å². The number of nitrogens with two attached hydrogens (primary N) is 1. The number of hydrogen-bond acceptors (Lipinski definition) is 2. The van der Waals surface area contributed by atoms with Crippen LogP contribution < -0.4 is 10.6 Å². The molecule has 0 radical (unpaired) electrons. The lowest BCUT2D eigenvalue weighted by Gasteiger charge is -2.27. The molecule has 18 heavy (non-hydrogen) atoms. The quantitative estimate of drug-likeness (QED) is 0.877. The van der Waals surface area contributed by atoms with Crippen molar-refractivity contribution in [3.05, 3.63) is 29.8 Å². The summed E-state index contributed by atoms with van der Waals surface area (Å²) in [4.78, 5) is 2.53. The molecule has 1 aliphatic rings.